The van der Waals surface area contributed by atoms with E-state index in [4.69, 9.17) is 14.2 Å². The van der Waals surface area contributed by atoms with Crippen molar-refractivity contribution in [2.24, 2.45) is 7.05 Å². The molecule has 0 saturated carbocycles. The highest BCUT2D eigenvalue weighted by Crippen LogP contribution is 2.28. The number of thiophene rings is 1. The van der Waals surface area contributed by atoms with Crippen LogP contribution >= 0.6 is 11.3 Å². The van der Waals surface area contributed by atoms with Crippen LogP contribution in [0, 0.1) is 6.92 Å². The molecule has 0 fully saturated rings. The van der Waals surface area contributed by atoms with Gasteiger partial charge in [-0.3, -0.25) is 4.68 Å². The lowest BCUT2D eigenvalue weighted by atomic mass is 10.1. The first kappa shape index (κ1) is 19.1. The fourth-order valence-electron chi connectivity index (χ4n) is 3.39. The van der Waals surface area contributed by atoms with E-state index in [2.05, 4.69) is 15.2 Å². The second kappa shape index (κ2) is 7.77. The number of nitrogens with zero attached hydrogens (tertiary/aromatic N) is 5. The highest BCUT2D eigenvalue weighted by molar-refractivity contribution is 7.13. The lowest BCUT2D eigenvalue weighted by molar-refractivity contribution is 0.0432. The van der Waals surface area contributed by atoms with Gasteiger partial charge < -0.3 is 9.26 Å². The lowest BCUT2D eigenvalue weighted by Crippen LogP contribution is -2.08. The van der Waals surface area contributed by atoms with Gasteiger partial charge in [0.2, 0.25) is 5.82 Å². The Morgan fingerprint density at radius 2 is 2.00 bits per heavy atom. The normalized spacial score (nSPS) is 11.2. The largest absolute Gasteiger partial charge is 0.452 e. The maximum absolute atomic E-state index is 13.0. The topological polar surface area (TPSA) is 95.9 Å². The van der Waals surface area contributed by atoms with Crippen molar-refractivity contribution < 1.29 is 14.1 Å². The Balaban J connectivity index is 1.46. The molecule has 0 N–H and O–H groups in total. The molecule has 0 unspecified atom stereocenters. The molecule has 0 aliphatic carbocycles. The molecule has 0 aliphatic rings. The number of pyridine rings is 1. The maximum atomic E-state index is 13.0. The van der Waals surface area contributed by atoms with Crippen LogP contribution in [0.25, 0.3) is 33.0 Å². The van der Waals surface area contributed by atoms with Gasteiger partial charge in [-0.25, -0.2) is 9.78 Å². The monoisotopic (exact) mass is 431 g/mol. The fourth-order valence-corrected chi connectivity index (χ4v) is 4.04. The fraction of sp³-hybridized carbons (Fsp3) is 0.136. The van der Waals surface area contributed by atoms with Crippen LogP contribution in [0.15, 0.2) is 58.4 Å². The number of hydrogen-bond acceptors (Lipinski definition) is 8. The van der Waals surface area contributed by atoms with Gasteiger partial charge in [-0.15, -0.1) is 11.3 Å². The van der Waals surface area contributed by atoms with Crippen LogP contribution in [-0.2, 0) is 18.4 Å². The average Bonchev–Trinajstić information content (AvgIpc) is 3.53. The SMILES string of the molecule is Cc1nn(C)c2nc(-c3ccccc3)cc(C(=O)OCc3nc(-c4cccs4)no3)c12. The summed E-state index contributed by atoms with van der Waals surface area (Å²) in [5.41, 5.74) is 3.28. The van der Waals surface area contributed by atoms with Gasteiger partial charge in [0.1, 0.15) is 0 Å². The molecule has 31 heavy (non-hydrogen) atoms. The number of aromatic nitrogens is 5. The molecule has 5 aromatic rings. The van der Waals surface area contributed by atoms with Crippen molar-refractivity contribution in [2.75, 3.05) is 0 Å². The Kier molecular flexibility index (Phi) is 4.79. The third-order valence-electron chi connectivity index (χ3n) is 4.79. The summed E-state index contributed by atoms with van der Waals surface area (Å²) in [6.45, 7) is 1.72. The van der Waals surface area contributed by atoms with E-state index in [0.717, 1.165) is 10.4 Å². The van der Waals surface area contributed by atoms with E-state index in [-0.39, 0.29) is 12.5 Å². The summed E-state index contributed by atoms with van der Waals surface area (Å²) in [7, 11) is 1.80. The van der Waals surface area contributed by atoms with Gasteiger partial charge in [0.25, 0.3) is 5.89 Å². The zero-order valence-electron chi connectivity index (χ0n) is 16.8. The van der Waals surface area contributed by atoms with Gasteiger partial charge in [-0.1, -0.05) is 41.6 Å². The Morgan fingerprint density at radius 3 is 2.77 bits per heavy atom. The molecular formula is C22H17N5O3S. The minimum Gasteiger partial charge on any atom is -0.452 e. The Labute approximate surface area is 181 Å². The third kappa shape index (κ3) is 3.59. The molecule has 9 heteroatoms. The molecule has 1 aromatic carbocycles. The van der Waals surface area contributed by atoms with Crippen molar-refractivity contribution >= 4 is 28.3 Å². The molecule has 0 bridgehead atoms. The second-order valence-electron chi connectivity index (χ2n) is 6.89. The molecular weight excluding hydrogens is 414 g/mol. The molecule has 0 atom stereocenters. The third-order valence-corrected chi connectivity index (χ3v) is 5.66. The van der Waals surface area contributed by atoms with Gasteiger partial charge in [0.15, 0.2) is 12.3 Å². The highest BCUT2D eigenvalue weighted by atomic mass is 32.1. The van der Waals surface area contributed by atoms with E-state index in [1.165, 1.54) is 11.3 Å². The summed E-state index contributed by atoms with van der Waals surface area (Å²) < 4.78 is 12.4. The van der Waals surface area contributed by atoms with E-state index >= 15 is 0 Å². The molecule has 0 aliphatic heterocycles. The van der Waals surface area contributed by atoms with Gasteiger partial charge in [-0.2, -0.15) is 10.1 Å². The van der Waals surface area contributed by atoms with Crippen molar-refractivity contribution in [3.05, 3.63) is 71.1 Å². The number of carbonyl (C=O) groups excluding carboxylic acids is 1. The summed E-state index contributed by atoms with van der Waals surface area (Å²) in [6, 6.07) is 15.2. The molecule has 5 rings (SSSR count). The van der Waals surface area contributed by atoms with Crippen molar-refractivity contribution in [1.82, 2.24) is 24.9 Å². The number of aryl methyl sites for hydroxylation is 2. The van der Waals surface area contributed by atoms with Crippen molar-refractivity contribution in [3.8, 4) is 22.0 Å². The van der Waals surface area contributed by atoms with E-state index in [9.17, 15) is 4.79 Å². The van der Waals surface area contributed by atoms with Crippen LogP contribution in [0.2, 0.25) is 0 Å². The first-order valence-corrected chi connectivity index (χ1v) is 10.4. The van der Waals surface area contributed by atoms with Gasteiger partial charge in [-0.05, 0) is 24.4 Å². The summed E-state index contributed by atoms with van der Waals surface area (Å²) in [5, 5.41) is 11.0. The number of carbonyl (C=O) groups is 1. The minimum atomic E-state index is -0.503. The average molecular weight is 431 g/mol. The first-order chi connectivity index (χ1) is 15.1. The highest BCUT2D eigenvalue weighted by Gasteiger charge is 2.21. The van der Waals surface area contributed by atoms with E-state index in [1.807, 2.05) is 54.8 Å². The number of esters is 1. The number of fused-ring (bicyclic) bond motifs is 1. The quantitative estimate of drug-likeness (QED) is 0.380. The van der Waals surface area contributed by atoms with Crippen molar-refractivity contribution in [1.29, 1.82) is 0 Å². The van der Waals surface area contributed by atoms with Crippen LogP contribution in [0.4, 0.5) is 0 Å². The second-order valence-corrected chi connectivity index (χ2v) is 7.84. The Morgan fingerprint density at radius 1 is 1.16 bits per heavy atom. The van der Waals surface area contributed by atoms with Crippen LogP contribution in [0.3, 0.4) is 0 Å². The first-order valence-electron chi connectivity index (χ1n) is 9.53. The molecule has 0 radical (unpaired) electrons. The number of hydrogen-bond donors (Lipinski definition) is 0. The zero-order chi connectivity index (χ0) is 21.4. The van der Waals surface area contributed by atoms with Crippen LogP contribution in [-0.4, -0.2) is 30.9 Å². The summed E-state index contributed by atoms with van der Waals surface area (Å²) in [5.74, 6) is 0.201. The van der Waals surface area contributed by atoms with Crippen molar-refractivity contribution in [2.45, 2.75) is 13.5 Å². The standard InChI is InChI=1S/C22H17N5O3S/c1-13-19-15(11-16(14-7-4-3-5-8-14)23-21(19)27(2)25-13)22(28)29-12-18-24-20(26-30-18)17-9-6-10-31-17/h3-11H,12H2,1-2H3. The molecule has 4 heterocycles. The molecule has 154 valence electrons. The van der Waals surface area contributed by atoms with Crippen LogP contribution < -0.4 is 0 Å². The zero-order valence-corrected chi connectivity index (χ0v) is 17.6. The molecule has 0 amide bonds. The van der Waals surface area contributed by atoms with E-state index < -0.39 is 5.97 Å². The lowest BCUT2D eigenvalue weighted by Gasteiger charge is -2.08. The van der Waals surface area contributed by atoms with Gasteiger partial charge in [0.05, 0.1) is 27.2 Å². The molecule has 4 aromatic heterocycles. The van der Waals surface area contributed by atoms with Crippen LogP contribution in [0.5, 0.6) is 0 Å². The smallest absolute Gasteiger partial charge is 0.339 e. The number of benzene rings is 1. The van der Waals surface area contributed by atoms with E-state index in [0.29, 0.717) is 33.8 Å². The predicted octanol–water partition coefficient (Wildman–Crippen LogP) is 4.41. The summed E-state index contributed by atoms with van der Waals surface area (Å²) in [4.78, 5) is 22.9. The molecule has 8 nitrogen and oxygen atoms in total. The maximum Gasteiger partial charge on any atom is 0.339 e. The van der Waals surface area contributed by atoms with E-state index in [1.54, 1.807) is 17.8 Å². The minimum absolute atomic E-state index is 0.124. The molecule has 0 saturated heterocycles. The Bertz CT molecular complexity index is 1370. The van der Waals surface area contributed by atoms with Crippen molar-refractivity contribution in [3.63, 3.8) is 0 Å². The number of ether oxygens (including phenoxy) is 1. The predicted molar refractivity (Wildman–Crippen MR) is 115 cm³/mol. The number of rotatable bonds is 5. The Hall–Kier alpha value is -3.85. The molecule has 0 spiro atoms. The van der Waals surface area contributed by atoms with Gasteiger partial charge >= 0.3 is 5.97 Å². The van der Waals surface area contributed by atoms with Gasteiger partial charge in [0, 0.05) is 12.6 Å². The summed E-state index contributed by atoms with van der Waals surface area (Å²) >= 11 is 1.51. The van der Waals surface area contributed by atoms with Crippen LogP contribution in [0.1, 0.15) is 21.9 Å². The summed E-state index contributed by atoms with van der Waals surface area (Å²) in [6.07, 6.45) is 0.